The SMILES string of the molecule is Cc1cc(NC(=O)c2ccc(Br)cc2)ccc1I. The van der Waals surface area contributed by atoms with E-state index in [0.717, 1.165) is 15.7 Å². The van der Waals surface area contributed by atoms with E-state index in [0.29, 0.717) is 5.56 Å². The third-order valence-electron chi connectivity index (χ3n) is 2.52. The van der Waals surface area contributed by atoms with Gasteiger partial charge in [-0.1, -0.05) is 15.9 Å². The van der Waals surface area contributed by atoms with Gasteiger partial charge in [0.15, 0.2) is 0 Å². The van der Waals surface area contributed by atoms with Crippen LogP contribution in [0.3, 0.4) is 0 Å². The fourth-order valence-corrected chi connectivity index (χ4v) is 2.13. The molecule has 2 rings (SSSR count). The van der Waals surface area contributed by atoms with E-state index in [4.69, 9.17) is 0 Å². The molecule has 0 aromatic heterocycles. The minimum Gasteiger partial charge on any atom is -0.322 e. The zero-order valence-corrected chi connectivity index (χ0v) is 13.4. The molecule has 2 aromatic rings. The second-order valence-electron chi connectivity index (χ2n) is 3.92. The molecule has 0 heterocycles. The minimum atomic E-state index is -0.0943. The van der Waals surface area contributed by atoms with Gasteiger partial charge in [0.2, 0.25) is 0 Å². The Kier molecular flexibility index (Phi) is 4.40. The van der Waals surface area contributed by atoms with Crippen LogP contribution >= 0.6 is 38.5 Å². The summed E-state index contributed by atoms with van der Waals surface area (Å²) in [7, 11) is 0. The van der Waals surface area contributed by atoms with Crippen molar-refractivity contribution in [3.8, 4) is 0 Å². The molecule has 0 aliphatic heterocycles. The van der Waals surface area contributed by atoms with Crippen molar-refractivity contribution >= 4 is 50.1 Å². The predicted molar refractivity (Wildman–Crippen MR) is 86.0 cm³/mol. The van der Waals surface area contributed by atoms with Crippen molar-refractivity contribution in [1.29, 1.82) is 0 Å². The second-order valence-corrected chi connectivity index (χ2v) is 6.00. The number of aryl methyl sites for hydroxylation is 1. The zero-order valence-electron chi connectivity index (χ0n) is 9.71. The third-order valence-corrected chi connectivity index (χ3v) is 4.26. The largest absolute Gasteiger partial charge is 0.322 e. The quantitative estimate of drug-likeness (QED) is 0.712. The number of amides is 1. The Labute approximate surface area is 128 Å². The number of rotatable bonds is 2. The highest BCUT2D eigenvalue weighted by atomic mass is 127. The van der Waals surface area contributed by atoms with E-state index in [1.54, 1.807) is 12.1 Å². The van der Waals surface area contributed by atoms with Gasteiger partial charge in [0, 0.05) is 19.3 Å². The summed E-state index contributed by atoms with van der Waals surface area (Å²) in [5, 5.41) is 2.89. The average Bonchev–Trinajstić information content (AvgIpc) is 2.34. The maximum Gasteiger partial charge on any atom is 0.255 e. The van der Waals surface area contributed by atoms with Crippen molar-refractivity contribution in [2.24, 2.45) is 0 Å². The molecule has 0 bridgehead atoms. The van der Waals surface area contributed by atoms with Gasteiger partial charge in [0.1, 0.15) is 0 Å². The molecule has 0 fully saturated rings. The lowest BCUT2D eigenvalue weighted by molar-refractivity contribution is 0.102. The maximum atomic E-state index is 12.0. The summed E-state index contributed by atoms with van der Waals surface area (Å²) in [5.74, 6) is -0.0943. The Morgan fingerprint density at radius 3 is 2.44 bits per heavy atom. The molecular weight excluding hydrogens is 405 g/mol. The minimum absolute atomic E-state index is 0.0943. The van der Waals surface area contributed by atoms with E-state index >= 15 is 0 Å². The van der Waals surface area contributed by atoms with Crippen LogP contribution in [-0.2, 0) is 0 Å². The van der Waals surface area contributed by atoms with Gasteiger partial charge in [-0.2, -0.15) is 0 Å². The molecule has 0 aliphatic rings. The third kappa shape index (κ3) is 3.32. The van der Waals surface area contributed by atoms with Crippen LogP contribution < -0.4 is 5.32 Å². The number of anilines is 1. The lowest BCUT2D eigenvalue weighted by Gasteiger charge is -2.07. The summed E-state index contributed by atoms with van der Waals surface area (Å²) in [6, 6.07) is 13.2. The predicted octanol–water partition coefficient (Wildman–Crippen LogP) is 4.61. The van der Waals surface area contributed by atoms with Gasteiger partial charge >= 0.3 is 0 Å². The van der Waals surface area contributed by atoms with E-state index in [1.165, 1.54) is 3.57 Å². The van der Waals surface area contributed by atoms with Crippen LogP contribution in [0.1, 0.15) is 15.9 Å². The molecule has 0 saturated heterocycles. The summed E-state index contributed by atoms with van der Waals surface area (Å²) in [4.78, 5) is 12.0. The fraction of sp³-hybridized carbons (Fsp3) is 0.0714. The van der Waals surface area contributed by atoms with Crippen LogP contribution in [0, 0.1) is 10.5 Å². The van der Waals surface area contributed by atoms with Gasteiger partial charge < -0.3 is 5.32 Å². The maximum absolute atomic E-state index is 12.0. The van der Waals surface area contributed by atoms with Gasteiger partial charge in [-0.25, -0.2) is 0 Å². The summed E-state index contributed by atoms with van der Waals surface area (Å²) >= 11 is 5.62. The Hall–Kier alpha value is -0.880. The molecule has 0 radical (unpaired) electrons. The summed E-state index contributed by atoms with van der Waals surface area (Å²) < 4.78 is 2.15. The highest BCUT2D eigenvalue weighted by Gasteiger charge is 2.06. The van der Waals surface area contributed by atoms with E-state index in [2.05, 4.69) is 43.8 Å². The molecule has 0 atom stereocenters. The van der Waals surface area contributed by atoms with E-state index in [1.807, 2.05) is 37.3 Å². The van der Waals surface area contributed by atoms with Crippen LogP contribution in [-0.4, -0.2) is 5.91 Å². The Morgan fingerprint density at radius 2 is 1.83 bits per heavy atom. The molecule has 18 heavy (non-hydrogen) atoms. The van der Waals surface area contributed by atoms with Gasteiger partial charge in [-0.05, 0) is 77.5 Å². The lowest BCUT2D eigenvalue weighted by atomic mass is 10.2. The van der Waals surface area contributed by atoms with Crippen LogP contribution in [0.4, 0.5) is 5.69 Å². The molecule has 2 nitrogen and oxygen atoms in total. The molecule has 0 aliphatic carbocycles. The Bertz CT molecular complexity index is 581. The second kappa shape index (κ2) is 5.84. The standard InChI is InChI=1S/C14H11BrINO/c1-9-8-12(6-7-13(9)16)17-14(18)10-2-4-11(15)5-3-10/h2-8H,1H3,(H,17,18). The molecule has 0 unspecified atom stereocenters. The number of carbonyl (C=O) groups is 1. The van der Waals surface area contributed by atoms with Gasteiger partial charge in [-0.3, -0.25) is 4.79 Å². The van der Waals surface area contributed by atoms with Crippen LogP contribution in [0.2, 0.25) is 0 Å². The Balaban J connectivity index is 2.16. The van der Waals surface area contributed by atoms with Crippen molar-refractivity contribution in [3.05, 3.63) is 61.6 Å². The average molecular weight is 416 g/mol. The molecule has 1 amide bonds. The topological polar surface area (TPSA) is 29.1 Å². The monoisotopic (exact) mass is 415 g/mol. The van der Waals surface area contributed by atoms with Crippen molar-refractivity contribution in [2.75, 3.05) is 5.32 Å². The van der Waals surface area contributed by atoms with E-state index in [9.17, 15) is 4.79 Å². The number of hydrogen-bond acceptors (Lipinski definition) is 1. The van der Waals surface area contributed by atoms with E-state index in [-0.39, 0.29) is 5.91 Å². The van der Waals surface area contributed by atoms with Gasteiger partial charge in [-0.15, -0.1) is 0 Å². The normalized spacial score (nSPS) is 10.2. The fourth-order valence-electron chi connectivity index (χ4n) is 1.53. The van der Waals surface area contributed by atoms with Crippen molar-refractivity contribution in [2.45, 2.75) is 6.92 Å². The molecule has 0 saturated carbocycles. The van der Waals surface area contributed by atoms with Gasteiger partial charge in [0.25, 0.3) is 5.91 Å². The smallest absolute Gasteiger partial charge is 0.255 e. The zero-order chi connectivity index (χ0) is 13.1. The lowest BCUT2D eigenvalue weighted by Crippen LogP contribution is -2.11. The van der Waals surface area contributed by atoms with Crippen molar-refractivity contribution in [3.63, 3.8) is 0 Å². The summed E-state index contributed by atoms with van der Waals surface area (Å²) in [6.07, 6.45) is 0. The molecular formula is C14H11BrINO. The van der Waals surface area contributed by atoms with Crippen molar-refractivity contribution in [1.82, 2.24) is 0 Å². The number of benzene rings is 2. The van der Waals surface area contributed by atoms with Crippen LogP contribution in [0.5, 0.6) is 0 Å². The molecule has 4 heteroatoms. The van der Waals surface area contributed by atoms with Gasteiger partial charge in [0.05, 0.1) is 0 Å². The highest BCUT2D eigenvalue weighted by molar-refractivity contribution is 14.1. The first-order valence-corrected chi connectivity index (χ1v) is 7.26. The summed E-state index contributed by atoms with van der Waals surface area (Å²) in [6.45, 7) is 2.02. The highest BCUT2D eigenvalue weighted by Crippen LogP contribution is 2.18. The first-order chi connectivity index (χ1) is 8.56. The number of hydrogen-bond donors (Lipinski definition) is 1. The molecule has 2 aromatic carbocycles. The van der Waals surface area contributed by atoms with Crippen LogP contribution in [0.15, 0.2) is 46.9 Å². The number of nitrogens with one attached hydrogen (secondary N) is 1. The van der Waals surface area contributed by atoms with E-state index < -0.39 is 0 Å². The Morgan fingerprint density at radius 1 is 1.17 bits per heavy atom. The number of halogens is 2. The molecule has 1 N–H and O–H groups in total. The summed E-state index contributed by atoms with van der Waals surface area (Å²) in [5.41, 5.74) is 2.62. The molecule has 92 valence electrons. The first kappa shape index (κ1) is 13.5. The number of carbonyl (C=O) groups excluding carboxylic acids is 1. The molecule has 0 spiro atoms. The first-order valence-electron chi connectivity index (χ1n) is 5.39. The van der Waals surface area contributed by atoms with Crippen molar-refractivity contribution < 1.29 is 4.79 Å². The van der Waals surface area contributed by atoms with Crippen LogP contribution in [0.25, 0.3) is 0 Å².